The number of carbonyl (C=O) groups is 1. The Bertz CT molecular complexity index is 294. The molecule has 1 aliphatic heterocycles. The minimum atomic E-state index is 0. The Labute approximate surface area is 95.2 Å². The monoisotopic (exact) mass is 229 g/mol. The van der Waals surface area contributed by atoms with Crippen molar-refractivity contribution in [1.82, 2.24) is 15.6 Å². The minimum absolute atomic E-state index is 0. The van der Waals surface area contributed by atoms with Crippen molar-refractivity contribution in [2.24, 2.45) is 0 Å². The van der Waals surface area contributed by atoms with Crippen molar-refractivity contribution in [1.29, 1.82) is 0 Å². The van der Waals surface area contributed by atoms with Crippen LogP contribution in [0, 0.1) is 0 Å². The fourth-order valence-corrected chi connectivity index (χ4v) is 1.71. The Morgan fingerprint density at radius 3 is 3.00 bits per heavy atom. The quantitative estimate of drug-likeness (QED) is 0.707. The van der Waals surface area contributed by atoms with Gasteiger partial charge in [-0.3, -0.25) is 4.79 Å². The van der Waals surface area contributed by atoms with Crippen LogP contribution < -0.4 is 10.6 Å². The molecule has 0 saturated carbocycles. The average Bonchev–Trinajstić information content (AvgIpc) is 2.72. The lowest BCUT2D eigenvalue weighted by Crippen LogP contribution is -2.45. The predicted molar refractivity (Wildman–Crippen MR) is 61.4 cm³/mol. The number of aromatic nitrogens is 1. The van der Waals surface area contributed by atoms with Crippen LogP contribution in [-0.2, 0) is 0 Å². The summed E-state index contributed by atoms with van der Waals surface area (Å²) >= 11 is 0. The Balaban J connectivity index is 0.00000112. The van der Waals surface area contributed by atoms with Crippen LogP contribution in [0.1, 0.15) is 23.2 Å². The summed E-state index contributed by atoms with van der Waals surface area (Å²) in [5.74, 6) is 0.0138. The highest BCUT2D eigenvalue weighted by atomic mass is 35.5. The summed E-state index contributed by atoms with van der Waals surface area (Å²) in [6, 6.07) is 2.07. The summed E-state index contributed by atoms with van der Waals surface area (Å²) in [6.45, 7) is 1.95. The van der Waals surface area contributed by atoms with Gasteiger partial charge in [-0.2, -0.15) is 0 Å². The lowest BCUT2D eigenvalue weighted by atomic mass is 10.1. The normalized spacial score (nSPS) is 20.4. The SMILES string of the molecule is Cl.O=C(N[C@H]1CCCNC1)c1cc[nH]c1. The molecule has 2 rings (SSSR count). The van der Waals surface area contributed by atoms with E-state index < -0.39 is 0 Å². The number of halogens is 1. The summed E-state index contributed by atoms with van der Waals surface area (Å²) in [4.78, 5) is 14.5. The van der Waals surface area contributed by atoms with Crippen molar-refractivity contribution in [2.75, 3.05) is 13.1 Å². The maximum absolute atomic E-state index is 11.6. The Morgan fingerprint density at radius 1 is 1.53 bits per heavy atom. The molecule has 84 valence electrons. The minimum Gasteiger partial charge on any atom is -0.367 e. The van der Waals surface area contributed by atoms with Crippen LogP contribution in [0.4, 0.5) is 0 Å². The van der Waals surface area contributed by atoms with E-state index in [1.54, 1.807) is 18.5 Å². The molecule has 1 saturated heterocycles. The third kappa shape index (κ3) is 3.25. The highest BCUT2D eigenvalue weighted by molar-refractivity contribution is 5.94. The van der Waals surface area contributed by atoms with E-state index >= 15 is 0 Å². The van der Waals surface area contributed by atoms with E-state index in [1.807, 2.05) is 0 Å². The van der Waals surface area contributed by atoms with Crippen molar-refractivity contribution in [3.8, 4) is 0 Å². The first-order valence-electron chi connectivity index (χ1n) is 5.00. The van der Waals surface area contributed by atoms with Gasteiger partial charge in [0, 0.05) is 25.0 Å². The molecule has 0 aromatic carbocycles. The molecule has 1 aromatic heterocycles. The Hall–Kier alpha value is -1.00. The van der Waals surface area contributed by atoms with Crippen molar-refractivity contribution in [3.63, 3.8) is 0 Å². The molecule has 5 heteroatoms. The highest BCUT2D eigenvalue weighted by Crippen LogP contribution is 2.03. The number of amides is 1. The van der Waals surface area contributed by atoms with Gasteiger partial charge in [0.05, 0.1) is 5.56 Å². The van der Waals surface area contributed by atoms with Crippen LogP contribution in [0.5, 0.6) is 0 Å². The van der Waals surface area contributed by atoms with E-state index in [0.29, 0.717) is 5.56 Å². The van der Waals surface area contributed by atoms with Gasteiger partial charge in [0.1, 0.15) is 0 Å². The second-order valence-electron chi connectivity index (χ2n) is 3.62. The van der Waals surface area contributed by atoms with Crippen LogP contribution in [0.3, 0.4) is 0 Å². The maximum atomic E-state index is 11.6. The molecule has 0 bridgehead atoms. The Kier molecular flexibility index (Phi) is 4.65. The standard InChI is InChI=1S/C10H15N3O.ClH/c14-10(8-3-5-12-6-8)13-9-2-1-4-11-7-9;/h3,5-6,9,11-12H,1-2,4,7H2,(H,13,14);1H/t9-;/m0./s1. The van der Waals surface area contributed by atoms with Crippen LogP contribution in [0.25, 0.3) is 0 Å². The lowest BCUT2D eigenvalue weighted by molar-refractivity contribution is 0.0931. The van der Waals surface area contributed by atoms with Gasteiger partial charge >= 0.3 is 0 Å². The zero-order chi connectivity index (χ0) is 9.80. The van der Waals surface area contributed by atoms with E-state index in [4.69, 9.17) is 0 Å². The molecule has 0 unspecified atom stereocenters. The third-order valence-corrected chi connectivity index (χ3v) is 2.49. The smallest absolute Gasteiger partial charge is 0.253 e. The van der Waals surface area contributed by atoms with Gasteiger partial charge in [-0.1, -0.05) is 0 Å². The molecular formula is C10H16ClN3O. The van der Waals surface area contributed by atoms with Gasteiger partial charge in [-0.25, -0.2) is 0 Å². The summed E-state index contributed by atoms with van der Waals surface area (Å²) in [6.07, 6.45) is 5.68. The fraction of sp³-hybridized carbons (Fsp3) is 0.500. The van der Waals surface area contributed by atoms with E-state index in [2.05, 4.69) is 15.6 Å². The molecule has 15 heavy (non-hydrogen) atoms. The van der Waals surface area contributed by atoms with Crippen LogP contribution in [0.15, 0.2) is 18.5 Å². The molecule has 1 fully saturated rings. The Morgan fingerprint density at radius 2 is 2.40 bits per heavy atom. The zero-order valence-electron chi connectivity index (χ0n) is 8.45. The summed E-state index contributed by atoms with van der Waals surface area (Å²) in [7, 11) is 0. The summed E-state index contributed by atoms with van der Waals surface area (Å²) in [5, 5.41) is 6.26. The first kappa shape index (κ1) is 12.1. The average molecular weight is 230 g/mol. The van der Waals surface area contributed by atoms with Crippen molar-refractivity contribution >= 4 is 18.3 Å². The van der Waals surface area contributed by atoms with E-state index in [9.17, 15) is 4.79 Å². The molecule has 0 spiro atoms. The second-order valence-corrected chi connectivity index (χ2v) is 3.62. The summed E-state index contributed by atoms with van der Waals surface area (Å²) < 4.78 is 0. The van der Waals surface area contributed by atoms with Crippen LogP contribution in [0.2, 0.25) is 0 Å². The maximum Gasteiger partial charge on any atom is 0.253 e. The number of H-pyrrole nitrogens is 1. The van der Waals surface area contributed by atoms with E-state index in [-0.39, 0.29) is 24.4 Å². The molecule has 1 amide bonds. The fourth-order valence-electron chi connectivity index (χ4n) is 1.71. The lowest BCUT2D eigenvalue weighted by Gasteiger charge is -2.23. The number of rotatable bonds is 2. The molecular weight excluding hydrogens is 214 g/mol. The first-order chi connectivity index (χ1) is 6.86. The number of piperidine rings is 1. The highest BCUT2D eigenvalue weighted by Gasteiger charge is 2.15. The molecule has 3 N–H and O–H groups in total. The van der Waals surface area contributed by atoms with Gasteiger partial charge in [-0.15, -0.1) is 12.4 Å². The topological polar surface area (TPSA) is 56.9 Å². The molecule has 1 aromatic rings. The number of aromatic amines is 1. The molecule has 2 heterocycles. The van der Waals surface area contributed by atoms with Gasteiger partial charge in [0.15, 0.2) is 0 Å². The number of hydrogen-bond donors (Lipinski definition) is 3. The first-order valence-corrected chi connectivity index (χ1v) is 5.00. The molecule has 0 aliphatic carbocycles. The van der Waals surface area contributed by atoms with Gasteiger partial charge in [-0.05, 0) is 25.5 Å². The largest absolute Gasteiger partial charge is 0.367 e. The molecule has 4 nitrogen and oxygen atoms in total. The van der Waals surface area contributed by atoms with Crippen LogP contribution in [-0.4, -0.2) is 30.0 Å². The van der Waals surface area contributed by atoms with E-state index in [0.717, 1.165) is 25.9 Å². The van der Waals surface area contributed by atoms with Crippen molar-refractivity contribution < 1.29 is 4.79 Å². The van der Waals surface area contributed by atoms with Crippen LogP contribution >= 0.6 is 12.4 Å². The zero-order valence-corrected chi connectivity index (χ0v) is 9.27. The number of hydrogen-bond acceptors (Lipinski definition) is 2. The number of carbonyl (C=O) groups excluding carboxylic acids is 1. The van der Waals surface area contributed by atoms with Gasteiger partial charge < -0.3 is 15.6 Å². The van der Waals surface area contributed by atoms with Crippen molar-refractivity contribution in [2.45, 2.75) is 18.9 Å². The number of nitrogens with one attached hydrogen (secondary N) is 3. The van der Waals surface area contributed by atoms with E-state index in [1.165, 1.54) is 0 Å². The molecule has 1 aliphatic rings. The second kappa shape index (κ2) is 5.78. The molecule has 0 radical (unpaired) electrons. The predicted octanol–water partition coefficient (Wildman–Crippen LogP) is 0.918. The third-order valence-electron chi connectivity index (χ3n) is 2.49. The van der Waals surface area contributed by atoms with Crippen molar-refractivity contribution in [3.05, 3.63) is 24.0 Å². The summed E-state index contributed by atoms with van der Waals surface area (Å²) in [5.41, 5.74) is 0.704. The van der Waals surface area contributed by atoms with Gasteiger partial charge in [0.2, 0.25) is 0 Å². The van der Waals surface area contributed by atoms with Gasteiger partial charge in [0.25, 0.3) is 5.91 Å². The molecule has 1 atom stereocenters.